The third kappa shape index (κ3) is 4.54. The van der Waals surface area contributed by atoms with E-state index < -0.39 is 10.8 Å². The van der Waals surface area contributed by atoms with Gasteiger partial charge in [-0.2, -0.15) is 0 Å². The van der Waals surface area contributed by atoms with Gasteiger partial charge in [-0.05, 0) is 29.8 Å². The Morgan fingerprint density at radius 3 is 2.83 bits per heavy atom. The van der Waals surface area contributed by atoms with Gasteiger partial charge in [0.2, 0.25) is 0 Å². The summed E-state index contributed by atoms with van der Waals surface area (Å²) in [5.41, 5.74) is 1.52. The monoisotopic (exact) mass is 432 g/mol. The van der Waals surface area contributed by atoms with Gasteiger partial charge in [-0.1, -0.05) is 29.0 Å². The number of morpholine rings is 1. The first-order valence-corrected chi connectivity index (χ1v) is 10.1. The predicted molar refractivity (Wildman–Crippen MR) is 112 cm³/mol. The molecule has 0 unspecified atom stereocenters. The Bertz CT molecular complexity index is 1080. The highest BCUT2D eigenvalue weighted by Crippen LogP contribution is 2.29. The molecule has 1 saturated heterocycles. The number of rotatable bonds is 5. The lowest BCUT2D eigenvalue weighted by atomic mass is 10.1. The first-order valence-electron chi connectivity index (χ1n) is 8.94. The van der Waals surface area contributed by atoms with Crippen LogP contribution in [0.5, 0.6) is 0 Å². The summed E-state index contributed by atoms with van der Waals surface area (Å²) < 4.78 is 6.32. The highest BCUT2D eigenvalue weighted by Gasteiger charge is 2.21. The quantitative estimate of drug-likeness (QED) is 0.484. The van der Waals surface area contributed by atoms with E-state index in [1.165, 1.54) is 23.5 Å². The van der Waals surface area contributed by atoms with Crippen molar-refractivity contribution in [3.8, 4) is 0 Å². The summed E-state index contributed by atoms with van der Waals surface area (Å²) in [4.78, 5) is 29.9. The van der Waals surface area contributed by atoms with E-state index in [2.05, 4.69) is 21.3 Å². The maximum atomic E-state index is 12.5. The fourth-order valence-electron chi connectivity index (χ4n) is 3.15. The molecule has 150 valence electrons. The van der Waals surface area contributed by atoms with E-state index in [9.17, 15) is 14.9 Å². The number of hydrogen-bond donors (Lipinski definition) is 1. The van der Waals surface area contributed by atoms with Crippen molar-refractivity contribution in [2.45, 2.75) is 6.54 Å². The minimum Gasteiger partial charge on any atom is -0.379 e. The molecule has 4 rings (SSSR count). The highest BCUT2D eigenvalue weighted by atomic mass is 35.5. The number of carbonyl (C=O) groups excluding carboxylic acids is 1. The summed E-state index contributed by atoms with van der Waals surface area (Å²) in [5, 5.41) is 14.5. The number of halogens is 1. The Morgan fingerprint density at radius 1 is 1.28 bits per heavy atom. The largest absolute Gasteiger partial charge is 0.379 e. The number of thiazole rings is 1. The first-order chi connectivity index (χ1) is 14.0. The Balaban J connectivity index is 1.52. The van der Waals surface area contributed by atoms with E-state index in [-0.39, 0.29) is 16.3 Å². The van der Waals surface area contributed by atoms with E-state index in [0.717, 1.165) is 54.7 Å². The van der Waals surface area contributed by atoms with Crippen LogP contribution in [-0.2, 0) is 11.3 Å². The van der Waals surface area contributed by atoms with Crippen molar-refractivity contribution in [2.75, 3.05) is 31.6 Å². The lowest BCUT2D eigenvalue weighted by Gasteiger charge is -2.26. The van der Waals surface area contributed by atoms with E-state index >= 15 is 0 Å². The van der Waals surface area contributed by atoms with Crippen LogP contribution in [0.1, 0.15) is 15.9 Å². The molecule has 1 aliphatic rings. The van der Waals surface area contributed by atoms with Gasteiger partial charge >= 0.3 is 0 Å². The van der Waals surface area contributed by atoms with Crippen molar-refractivity contribution in [3.05, 3.63) is 62.7 Å². The Kier molecular flexibility index (Phi) is 5.72. The molecule has 0 bridgehead atoms. The maximum absolute atomic E-state index is 12.5. The summed E-state index contributed by atoms with van der Waals surface area (Å²) in [5.74, 6) is -0.596. The molecule has 3 aromatic rings. The summed E-state index contributed by atoms with van der Waals surface area (Å²) in [6.07, 6.45) is 0. The van der Waals surface area contributed by atoms with Gasteiger partial charge in [0.1, 0.15) is 5.56 Å². The summed E-state index contributed by atoms with van der Waals surface area (Å²) >= 11 is 7.14. The van der Waals surface area contributed by atoms with Crippen molar-refractivity contribution in [3.63, 3.8) is 0 Å². The molecule has 0 radical (unpaired) electrons. The van der Waals surface area contributed by atoms with E-state index in [4.69, 9.17) is 16.3 Å². The molecule has 8 nitrogen and oxygen atoms in total. The molecule has 2 heterocycles. The SMILES string of the molecule is O=C(Nc1nc2ccc(CN3CCOCC3)cc2s1)c1ccc(Cl)cc1[N+](=O)[O-]. The number of anilines is 1. The minimum atomic E-state index is -0.628. The fraction of sp³-hybridized carbons (Fsp3) is 0.263. The van der Waals surface area contributed by atoms with E-state index in [0.29, 0.717) is 5.13 Å². The van der Waals surface area contributed by atoms with Gasteiger partial charge in [0.15, 0.2) is 5.13 Å². The lowest BCUT2D eigenvalue weighted by Crippen LogP contribution is -2.35. The van der Waals surface area contributed by atoms with Gasteiger partial charge < -0.3 is 4.74 Å². The van der Waals surface area contributed by atoms with Crippen molar-refractivity contribution < 1.29 is 14.5 Å². The fourth-order valence-corrected chi connectivity index (χ4v) is 4.24. The number of nitro groups is 1. The normalized spacial score (nSPS) is 14.8. The molecule has 1 aliphatic heterocycles. The van der Waals surface area contributed by atoms with Crippen LogP contribution in [0.3, 0.4) is 0 Å². The van der Waals surface area contributed by atoms with Crippen LogP contribution >= 0.6 is 22.9 Å². The average molecular weight is 433 g/mol. The number of nitro benzene ring substituents is 1. The molecular weight excluding hydrogens is 416 g/mol. The Labute approximate surface area is 175 Å². The first kappa shape index (κ1) is 19.7. The number of carbonyl (C=O) groups is 1. The number of nitrogens with zero attached hydrogens (tertiary/aromatic N) is 3. The van der Waals surface area contributed by atoms with Crippen molar-refractivity contribution in [1.82, 2.24) is 9.88 Å². The van der Waals surface area contributed by atoms with Crippen LogP contribution in [0, 0.1) is 10.1 Å². The number of fused-ring (bicyclic) bond motifs is 1. The zero-order valence-electron chi connectivity index (χ0n) is 15.3. The molecule has 1 aromatic heterocycles. The Morgan fingerprint density at radius 2 is 2.07 bits per heavy atom. The highest BCUT2D eigenvalue weighted by molar-refractivity contribution is 7.22. The molecule has 1 fully saturated rings. The van der Waals surface area contributed by atoms with Gasteiger partial charge in [-0.15, -0.1) is 0 Å². The van der Waals surface area contributed by atoms with E-state index in [1.54, 1.807) is 0 Å². The second kappa shape index (κ2) is 8.42. The van der Waals surface area contributed by atoms with Crippen LogP contribution in [-0.4, -0.2) is 47.0 Å². The van der Waals surface area contributed by atoms with Crippen molar-refractivity contribution in [1.29, 1.82) is 0 Å². The number of hydrogen-bond acceptors (Lipinski definition) is 7. The van der Waals surface area contributed by atoms with E-state index in [1.807, 2.05) is 12.1 Å². The lowest BCUT2D eigenvalue weighted by molar-refractivity contribution is -0.385. The van der Waals surface area contributed by atoms with Gasteiger partial charge in [0.25, 0.3) is 11.6 Å². The van der Waals surface area contributed by atoms with Gasteiger partial charge in [-0.25, -0.2) is 4.98 Å². The van der Waals surface area contributed by atoms with Crippen LogP contribution in [0.25, 0.3) is 10.2 Å². The molecule has 1 amide bonds. The zero-order chi connectivity index (χ0) is 20.4. The van der Waals surface area contributed by atoms with Crippen molar-refractivity contribution in [2.24, 2.45) is 0 Å². The van der Waals surface area contributed by atoms with Crippen LogP contribution < -0.4 is 5.32 Å². The molecule has 2 aromatic carbocycles. The second-order valence-corrected chi connectivity index (χ2v) is 8.05. The van der Waals surface area contributed by atoms with Crippen LogP contribution in [0.15, 0.2) is 36.4 Å². The molecule has 0 spiro atoms. The molecule has 0 atom stereocenters. The van der Waals surface area contributed by atoms with Gasteiger partial charge in [-0.3, -0.25) is 25.1 Å². The Hall–Kier alpha value is -2.59. The van der Waals surface area contributed by atoms with Crippen molar-refractivity contribution >= 4 is 49.9 Å². The molecule has 0 saturated carbocycles. The average Bonchev–Trinajstić information content (AvgIpc) is 3.10. The smallest absolute Gasteiger partial charge is 0.283 e. The summed E-state index contributed by atoms with van der Waals surface area (Å²) in [6, 6.07) is 9.94. The topological polar surface area (TPSA) is 97.6 Å². The minimum absolute atomic E-state index is 0.0633. The number of amides is 1. The summed E-state index contributed by atoms with van der Waals surface area (Å²) in [6.45, 7) is 4.13. The molecule has 29 heavy (non-hydrogen) atoms. The van der Waals surface area contributed by atoms with Gasteiger partial charge in [0.05, 0.1) is 28.4 Å². The maximum Gasteiger partial charge on any atom is 0.283 e. The number of benzene rings is 2. The third-order valence-electron chi connectivity index (χ3n) is 4.58. The summed E-state index contributed by atoms with van der Waals surface area (Å²) in [7, 11) is 0. The van der Waals surface area contributed by atoms with Crippen LogP contribution in [0.2, 0.25) is 5.02 Å². The number of nitrogens with one attached hydrogen (secondary N) is 1. The zero-order valence-corrected chi connectivity index (χ0v) is 16.8. The second-order valence-electron chi connectivity index (χ2n) is 6.58. The number of aromatic nitrogens is 1. The number of ether oxygens (including phenoxy) is 1. The standard InChI is InChI=1S/C19H17ClN4O4S/c20-13-2-3-14(16(10-13)24(26)27)18(25)22-19-21-15-4-1-12(9-17(15)29-19)11-23-5-7-28-8-6-23/h1-4,9-10H,5-8,11H2,(H,21,22,25). The molecule has 1 N–H and O–H groups in total. The molecule has 0 aliphatic carbocycles. The molecular formula is C19H17ClN4O4S. The molecule has 10 heteroatoms. The third-order valence-corrected chi connectivity index (χ3v) is 5.75. The van der Waals surface area contributed by atoms with Crippen LogP contribution in [0.4, 0.5) is 10.8 Å². The predicted octanol–water partition coefficient (Wildman–Crippen LogP) is 3.94. The van der Waals surface area contributed by atoms with Gasteiger partial charge in [0, 0.05) is 30.7 Å².